The highest BCUT2D eigenvalue weighted by Crippen LogP contribution is 2.31. The van der Waals surface area contributed by atoms with Gasteiger partial charge in [-0.1, -0.05) is 12.1 Å². The van der Waals surface area contributed by atoms with Crippen LogP contribution in [-0.4, -0.2) is 27.6 Å². The first-order valence-corrected chi connectivity index (χ1v) is 11.8. The van der Waals surface area contributed by atoms with Gasteiger partial charge in [-0.25, -0.2) is 9.97 Å². The molecule has 5 aromatic rings. The van der Waals surface area contributed by atoms with Crippen molar-refractivity contribution in [2.45, 2.75) is 13.8 Å². The number of carbonyl (C=O) groups is 1. The molecule has 0 saturated heterocycles. The second-order valence-corrected chi connectivity index (χ2v) is 9.17. The zero-order valence-corrected chi connectivity index (χ0v) is 20.2. The smallest absolute Gasteiger partial charge is 0.265 e. The number of thiazole rings is 1. The van der Waals surface area contributed by atoms with E-state index < -0.39 is 0 Å². The van der Waals surface area contributed by atoms with Crippen LogP contribution < -0.4 is 15.6 Å². The first-order chi connectivity index (χ1) is 16.9. The van der Waals surface area contributed by atoms with Gasteiger partial charge in [-0.3, -0.25) is 19.5 Å². The van der Waals surface area contributed by atoms with Crippen molar-refractivity contribution >= 4 is 33.3 Å². The minimum Gasteiger partial charge on any atom is -0.497 e. The van der Waals surface area contributed by atoms with E-state index in [4.69, 9.17) is 4.74 Å². The van der Waals surface area contributed by atoms with Crippen molar-refractivity contribution in [2.24, 2.45) is 0 Å². The average Bonchev–Trinajstić information content (AvgIpc) is 3.24. The van der Waals surface area contributed by atoms with Gasteiger partial charge in [-0.2, -0.15) is 0 Å². The lowest BCUT2D eigenvalue weighted by Crippen LogP contribution is -2.22. The number of aromatic nitrogens is 3. The Morgan fingerprint density at radius 2 is 1.66 bits per heavy atom. The molecule has 0 atom stereocenters. The third-order valence-corrected chi connectivity index (χ3v) is 6.60. The van der Waals surface area contributed by atoms with E-state index in [1.165, 1.54) is 11.3 Å². The minimum atomic E-state index is -0.271. The Hall–Kier alpha value is -4.30. The van der Waals surface area contributed by atoms with Crippen molar-refractivity contribution in [2.75, 3.05) is 12.4 Å². The number of anilines is 1. The molecule has 0 unspecified atom stereocenters. The van der Waals surface area contributed by atoms with E-state index in [0.717, 1.165) is 21.9 Å². The third-order valence-electron chi connectivity index (χ3n) is 5.71. The summed E-state index contributed by atoms with van der Waals surface area (Å²) in [6, 6.07) is 21.8. The molecule has 0 aliphatic carbocycles. The van der Waals surface area contributed by atoms with Crippen molar-refractivity contribution in [3.63, 3.8) is 0 Å². The summed E-state index contributed by atoms with van der Waals surface area (Å²) < 4.78 is 6.76. The van der Waals surface area contributed by atoms with E-state index >= 15 is 0 Å². The van der Waals surface area contributed by atoms with Crippen LogP contribution in [-0.2, 0) is 0 Å². The van der Waals surface area contributed by atoms with Crippen molar-refractivity contribution in [3.8, 4) is 22.7 Å². The molecule has 35 heavy (non-hydrogen) atoms. The van der Waals surface area contributed by atoms with Gasteiger partial charge in [0.1, 0.15) is 11.6 Å². The fraction of sp³-hybridized carbons (Fsp3) is 0.111. The van der Waals surface area contributed by atoms with E-state index in [-0.39, 0.29) is 11.5 Å². The number of fused-ring (bicyclic) bond motifs is 1. The maximum atomic E-state index is 13.0. The maximum absolute atomic E-state index is 13.0. The van der Waals surface area contributed by atoms with Crippen LogP contribution in [0.1, 0.15) is 21.1 Å². The Morgan fingerprint density at radius 3 is 2.37 bits per heavy atom. The fourth-order valence-electron chi connectivity index (χ4n) is 3.95. The van der Waals surface area contributed by atoms with E-state index in [0.29, 0.717) is 33.1 Å². The maximum Gasteiger partial charge on any atom is 0.265 e. The Balaban J connectivity index is 1.38. The second kappa shape index (κ2) is 9.15. The average molecular weight is 483 g/mol. The lowest BCUT2D eigenvalue weighted by Gasteiger charge is -2.11. The Labute approximate surface area is 205 Å². The first-order valence-electron chi connectivity index (χ1n) is 11.0. The molecule has 7 nitrogen and oxygen atoms in total. The van der Waals surface area contributed by atoms with Gasteiger partial charge in [0.2, 0.25) is 0 Å². The Bertz CT molecular complexity index is 1600. The molecule has 0 saturated carbocycles. The van der Waals surface area contributed by atoms with E-state index in [1.54, 1.807) is 48.9 Å². The van der Waals surface area contributed by atoms with E-state index in [9.17, 15) is 9.59 Å². The zero-order chi connectivity index (χ0) is 24.5. The number of amides is 1. The molecule has 8 heteroatoms. The third kappa shape index (κ3) is 4.31. The van der Waals surface area contributed by atoms with Crippen molar-refractivity contribution in [3.05, 3.63) is 99.4 Å². The summed E-state index contributed by atoms with van der Waals surface area (Å²) in [4.78, 5) is 36.0. The van der Waals surface area contributed by atoms with E-state index in [1.807, 2.05) is 49.4 Å². The lowest BCUT2D eigenvalue weighted by atomic mass is 10.1. The SMILES string of the molecule is COc1ccc(-c2nc(NC(=O)c3ccc(-n4c(C)nc5ccccc5c4=O)cc3)sc2C)cc1. The van der Waals surface area contributed by atoms with E-state index in [2.05, 4.69) is 15.3 Å². The van der Waals surface area contributed by atoms with Gasteiger partial charge in [-0.05, 0) is 74.5 Å². The molecule has 174 valence electrons. The molecule has 5 rings (SSSR count). The highest BCUT2D eigenvalue weighted by molar-refractivity contribution is 7.16. The number of benzene rings is 3. The molecule has 3 aromatic carbocycles. The summed E-state index contributed by atoms with van der Waals surface area (Å²) in [6.45, 7) is 3.76. The molecule has 0 bridgehead atoms. The van der Waals surface area contributed by atoms with Crippen LogP contribution in [0.2, 0.25) is 0 Å². The number of carbonyl (C=O) groups excluding carboxylic acids is 1. The molecule has 2 aromatic heterocycles. The van der Waals surface area contributed by atoms with Gasteiger partial charge in [0.05, 0.1) is 29.4 Å². The summed E-state index contributed by atoms with van der Waals surface area (Å²) in [7, 11) is 1.63. The summed E-state index contributed by atoms with van der Waals surface area (Å²) in [5.74, 6) is 1.08. The van der Waals surface area contributed by atoms with Crippen LogP contribution in [0.4, 0.5) is 5.13 Å². The van der Waals surface area contributed by atoms with Crippen molar-refractivity contribution < 1.29 is 9.53 Å². The number of ether oxygens (including phenoxy) is 1. The molecule has 2 heterocycles. The van der Waals surface area contributed by atoms with Crippen molar-refractivity contribution in [1.29, 1.82) is 0 Å². The highest BCUT2D eigenvalue weighted by Gasteiger charge is 2.15. The van der Waals surface area contributed by atoms with Crippen LogP contribution in [0, 0.1) is 13.8 Å². The zero-order valence-electron chi connectivity index (χ0n) is 19.4. The molecule has 1 amide bonds. The fourth-order valence-corrected chi connectivity index (χ4v) is 4.78. The number of methoxy groups -OCH3 is 1. The number of para-hydroxylation sites is 1. The van der Waals surface area contributed by atoms with Crippen LogP contribution in [0.25, 0.3) is 27.8 Å². The number of aryl methyl sites for hydroxylation is 2. The quantitative estimate of drug-likeness (QED) is 0.363. The van der Waals surface area contributed by atoms with Gasteiger partial charge in [0.15, 0.2) is 5.13 Å². The number of rotatable bonds is 5. The molecule has 0 fully saturated rings. The first kappa shape index (κ1) is 22.5. The van der Waals surface area contributed by atoms with Crippen LogP contribution in [0.5, 0.6) is 5.75 Å². The van der Waals surface area contributed by atoms with Crippen LogP contribution in [0.15, 0.2) is 77.6 Å². The number of hydrogen-bond acceptors (Lipinski definition) is 6. The minimum absolute atomic E-state index is 0.144. The normalized spacial score (nSPS) is 10.9. The van der Waals surface area contributed by atoms with Crippen LogP contribution in [0.3, 0.4) is 0 Å². The number of hydrogen-bond donors (Lipinski definition) is 1. The number of nitrogens with zero attached hydrogens (tertiary/aromatic N) is 3. The molecule has 0 aliphatic rings. The Kier molecular flexibility index (Phi) is 5.88. The lowest BCUT2D eigenvalue weighted by molar-refractivity contribution is 0.102. The molecule has 0 spiro atoms. The van der Waals surface area contributed by atoms with Gasteiger partial charge in [-0.15, -0.1) is 11.3 Å². The second-order valence-electron chi connectivity index (χ2n) is 7.97. The largest absolute Gasteiger partial charge is 0.497 e. The molecular weight excluding hydrogens is 460 g/mol. The van der Waals surface area contributed by atoms with Gasteiger partial charge in [0.25, 0.3) is 11.5 Å². The van der Waals surface area contributed by atoms with Gasteiger partial charge in [0, 0.05) is 16.0 Å². The monoisotopic (exact) mass is 482 g/mol. The highest BCUT2D eigenvalue weighted by atomic mass is 32.1. The summed E-state index contributed by atoms with van der Waals surface area (Å²) in [5, 5.41) is 3.95. The molecule has 0 aliphatic heterocycles. The topological polar surface area (TPSA) is 86.1 Å². The standard InChI is InChI=1S/C27H22N4O3S/c1-16-24(18-10-14-21(34-3)15-11-18)29-27(35-16)30-25(32)19-8-12-20(13-9-19)31-17(2)28-23-7-5-4-6-22(23)26(31)33/h4-15H,1-3H3,(H,29,30,32). The molecule has 0 radical (unpaired) electrons. The van der Waals surface area contributed by atoms with Gasteiger partial charge >= 0.3 is 0 Å². The number of nitrogens with one attached hydrogen (secondary N) is 1. The summed E-state index contributed by atoms with van der Waals surface area (Å²) in [6.07, 6.45) is 0. The Morgan fingerprint density at radius 1 is 0.943 bits per heavy atom. The molecular formula is C27H22N4O3S. The predicted octanol–water partition coefficient (Wildman–Crippen LogP) is 5.39. The predicted molar refractivity (Wildman–Crippen MR) is 139 cm³/mol. The summed E-state index contributed by atoms with van der Waals surface area (Å²) in [5.41, 5.74) is 3.40. The van der Waals surface area contributed by atoms with Crippen molar-refractivity contribution in [1.82, 2.24) is 14.5 Å². The summed E-state index contributed by atoms with van der Waals surface area (Å²) >= 11 is 1.42. The molecule has 1 N–H and O–H groups in total. The van der Waals surface area contributed by atoms with Gasteiger partial charge < -0.3 is 4.74 Å². The van der Waals surface area contributed by atoms with Crippen LogP contribution >= 0.6 is 11.3 Å².